The number of nitrogens with two attached hydrogens (primary N) is 1. The van der Waals surface area contributed by atoms with Crippen LogP contribution in [0.25, 0.3) is 0 Å². The molecule has 80 valence electrons. The standard InChI is InChI=1S/C10H11BrN2S2/c11-8-4-10(15-6-8)9(13-12)3-7-1-2-14-5-7/h1-2,4-6,9,13H,3,12H2. The summed E-state index contributed by atoms with van der Waals surface area (Å²) in [6, 6.07) is 4.45. The zero-order chi connectivity index (χ0) is 10.7. The molecule has 0 aliphatic rings. The fraction of sp³-hybridized carbons (Fsp3) is 0.200. The Bertz CT molecular complexity index is 411. The molecule has 0 aliphatic carbocycles. The van der Waals surface area contributed by atoms with Gasteiger partial charge in [0, 0.05) is 14.7 Å². The Morgan fingerprint density at radius 3 is 2.87 bits per heavy atom. The molecule has 0 radical (unpaired) electrons. The predicted octanol–water partition coefficient (Wildman–Crippen LogP) is 3.32. The fourth-order valence-electron chi connectivity index (χ4n) is 1.40. The van der Waals surface area contributed by atoms with Gasteiger partial charge in [-0.05, 0) is 50.8 Å². The van der Waals surface area contributed by atoms with Crippen LogP contribution in [0.2, 0.25) is 0 Å². The van der Waals surface area contributed by atoms with Gasteiger partial charge in [-0.25, -0.2) is 0 Å². The summed E-state index contributed by atoms with van der Waals surface area (Å²) >= 11 is 6.89. The van der Waals surface area contributed by atoms with Gasteiger partial charge in [0.1, 0.15) is 0 Å². The van der Waals surface area contributed by atoms with Crippen LogP contribution in [0.5, 0.6) is 0 Å². The van der Waals surface area contributed by atoms with Crippen LogP contribution < -0.4 is 11.3 Å². The predicted molar refractivity (Wildman–Crippen MR) is 70.1 cm³/mol. The maximum absolute atomic E-state index is 5.58. The second kappa shape index (κ2) is 5.23. The van der Waals surface area contributed by atoms with Gasteiger partial charge in [0.15, 0.2) is 0 Å². The lowest BCUT2D eigenvalue weighted by Crippen LogP contribution is -2.28. The smallest absolute Gasteiger partial charge is 0.0594 e. The summed E-state index contributed by atoms with van der Waals surface area (Å²) in [5, 5.41) is 6.33. The van der Waals surface area contributed by atoms with Crippen LogP contribution >= 0.6 is 38.6 Å². The first kappa shape index (κ1) is 11.3. The van der Waals surface area contributed by atoms with Gasteiger partial charge in [-0.1, -0.05) is 0 Å². The van der Waals surface area contributed by atoms with Crippen molar-refractivity contribution in [2.24, 2.45) is 5.84 Å². The molecular formula is C10H11BrN2S2. The van der Waals surface area contributed by atoms with Crippen LogP contribution in [0.3, 0.4) is 0 Å². The number of rotatable bonds is 4. The first-order valence-electron chi connectivity index (χ1n) is 4.50. The first-order valence-corrected chi connectivity index (χ1v) is 7.12. The minimum Gasteiger partial charge on any atom is -0.271 e. The minimum atomic E-state index is 0.205. The van der Waals surface area contributed by atoms with Crippen LogP contribution in [0.15, 0.2) is 32.7 Å². The fourth-order valence-corrected chi connectivity index (χ4v) is 3.58. The van der Waals surface area contributed by atoms with Crippen molar-refractivity contribution >= 4 is 38.6 Å². The lowest BCUT2D eigenvalue weighted by molar-refractivity contribution is 0.561. The SMILES string of the molecule is NNC(Cc1ccsc1)c1cc(Br)cs1. The molecule has 5 heteroatoms. The third-order valence-corrected chi connectivity index (χ3v) is 4.69. The van der Waals surface area contributed by atoms with Crippen molar-refractivity contribution in [3.63, 3.8) is 0 Å². The van der Waals surface area contributed by atoms with E-state index in [9.17, 15) is 0 Å². The largest absolute Gasteiger partial charge is 0.271 e. The number of nitrogens with one attached hydrogen (secondary N) is 1. The van der Waals surface area contributed by atoms with Gasteiger partial charge in [-0.15, -0.1) is 11.3 Å². The lowest BCUT2D eigenvalue weighted by atomic mass is 10.1. The molecule has 3 N–H and O–H groups in total. The molecule has 0 spiro atoms. The topological polar surface area (TPSA) is 38.0 Å². The Morgan fingerprint density at radius 1 is 1.47 bits per heavy atom. The van der Waals surface area contributed by atoms with Crippen LogP contribution in [0.4, 0.5) is 0 Å². The van der Waals surface area contributed by atoms with Crippen molar-refractivity contribution in [1.29, 1.82) is 0 Å². The lowest BCUT2D eigenvalue weighted by Gasteiger charge is -2.12. The first-order chi connectivity index (χ1) is 7.29. The summed E-state index contributed by atoms with van der Waals surface area (Å²) in [5.41, 5.74) is 4.19. The highest BCUT2D eigenvalue weighted by molar-refractivity contribution is 9.10. The van der Waals surface area contributed by atoms with E-state index in [0.717, 1.165) is 10.9 Å². The molecule has 0 saturated heterocycles. The molecule has 0 bridgehead atoms. The molecule has 2 rings (SSSR count). The Kier molecular flexibility index (Phi) is 3.93. The summed E-state index contributed by atoms with van der Waals surface area (Å²) in [6.07, 6.45) is 0.937. The van der Waals surface area contributed by atoms with E-state index in [0.29, 0.717) is 0 Å². The van der Waals surface area contributed by atoms with Crippen LogP contribution in [-0.4, -0.2) is 0 Å². The summed E-state index contributed by atoms with van der Waals surface area (Å²) < 4.78 is 1.12. The third-order valence-electron chi connectivity index (χ3n) is 2.15. The Balaban J connectivity index is 2.11. The number of hydrogen-bond donors (Lipinski definition) is 2. The number of hydrazine groups is 1. The third kappa shape index (κ3) is 2.89. The summed E-state index contributed by atoms with van der Waals surface area (Å²) in [5.74, 6) is 5.58. The zero-order valence-corrected chi connectivity index (χ0v) is 11.2. The maximum atomic E-state index is 5.58. The Hall–Kier alpha value is -0.200. The van der Waals surface area contributed by atoms with E-state index in [1.54, 1.807) is 22.7 Å². The van der Waals surface area contributed by atoms with Crippen LogP contribution in [0, 0.1) is 0 Å². The van der Waals surface area contributed by atoms with Crippen molar-refractivity contribution in [2.75, 3.05) is 0 Å². The van der Waals surface area contributed by atoms with Crippen molar-refractivity contribution in [2.45, 2.75) is 12.5 Å². The maximum Gasteiger partial charge on any atom is 0.0594 e. The number of hydrogen-bond acceptors (Lipinski definition) is 4. The van der Waals surface area contributed by atoms with E-state index in [1.165, 1.54) is 10.4 Å². The number of thiophene rings is 2. The van der Waals surface area contributed by atoms with Gasteiger partial charge in [0.25, 0.3) is 0 Å². The van der Waals surface area contributed by atoms with E-state index in [4.69, 9.17) is 5.84 Å². The molecule has 2 aromatic heterocycles. The average molecular weight is 303 g/mol. The van der Waals surface area contributed by atoms with Gasteiger partial charge >= 0.3 is 0 Å². The second-order valence-electron chi connectivity index (χ2n) is 3.22. The van der Waals surface area contributed by atoms with Crippen molar-refractivity contribution in [1.82, 2.24) is 5.43 Å². The van der Waals surface area contributed by atoms with E-state index in [2.05, 4.69) is 49.6 Å². The van der Waals surface area contributed by atoms with E-state index < -0.39 is 0 Å². The highest BCUT2D eigenvalue weighted by atomic mass is 79.9. The average Bonchev–Trinajstić information content (AvgIpc) is 2.85. The molecule has 0 fully saturated rings. The summed E-state index contributed by atoms with van der Waals surface area (Å²) in [7, 11) is 0. The molecule has 2 nitrogen and oxygen atoms in total. The van der Waals surface area contributed by atoms with Gasteiger partial charge in [-0.3, -0.25) is 11.3 Å². The van der Waals surface area contributed by atoms with Crippen LogP contribution in [0.1, 0.15) is 16.5 Å². The van der Waals surface area contributed by atoms with Gasteiger partial charge in [-0.2, -0.15) is 11.3 Å². The molecular weight excluding hydrogens is 292 g/mol. The monoisotopic (exact) mass is 302 g/mol. The molecule has 0 aliphatic heterocycles. The molecule has 1 atom stereocenters. The van der Waals surface area contributed by atoms with Crippen molar-refractivity contribution in [3.05, 3.63) is 43.2 Å². The zero-order valence-electron chi connectivity index (χ0n) is 7.94. The van der Waals surface area contributed by atoms with Gasteiger partial charge < -0.3 is 0 Å². The Labute approximate surface area is 105 Å². The normalized spacial score (nSPS) is 12.9. The Morgan fingerprint density at radius 2 is 2.33 bits per heavy atom. The molecule has 0 aromatic carbocycles. The molecule has 2 aromatic rings. The highest BCUT2D eigenvalue weighted by Crippen LogP contribution is 2.27. The van der Waals surface area contributed by atoms with E-state index >= 15 is 0 Å². The number of halogens is 1. The molecule has 1 unspecified atom stereocenters. The van der Waals surface area contributed by atoms with E-state index in [-0.39, 0.29) is 6.04 Å². The van der Waals surface area contributed by atoms with Gasteiger partial charge in [0.2, 0.25) is 0 Å². The van der Waals surface area contributed by atoms with Crippen molar-refractivity contribution < 1.29 is 0 Å². The molecule has 0 amide bonds. The summed E-state index contributed by atoms with van der Waals surface area (Å²) in [6.45, 7) is 0. The van der Waals surface area contributed by atoms with Crippen LogP contribution in [-0.2, 0) is 6.42 Å². The molecule has 2 heterocycles. The molecule has 0 saturated carbocycles. The quantitative estimate of drug-likeness (QED) is 0.672. The minimum absolute atomic E-state index is 0.205. The van der Waals surface area contributed by atoms with E-state index in [1.807, 2.05) is 0 Å². The second-order valence-corrected chi connectivity index (χ2v) is 5.86. The highest BCUT2D eigenvalue weighted by Gasteiger charge is 2.12. The van der Waals surface area contributed by atoms with Crippen molar-refractivity contribution in [3.8, 4) is 0 Å². The van der Waals surface area contributed by atoms with Gasteiger partial charge in [0.05, 0.1) is 6.04 Å². The summed E-state index contributed by atoms with van der Waals surface area (Å²) in [4.78, 5) is 1.26. The molecule has 15 heavy (non-hydrogen) atoms.